The highest BCUT2D eigenvalue weighted by molar-refractivity contribution is 5.81. The molecule has 0 bridgehead atoms. The van der Waals surface area contributed by atoms with Crippen molar-refractivity contribution in [2.75, 3.05) is 13.1 Å². The molecule has 14 heavy (non-hydrogen) atoms. The Morgan fingerprint density at radius 2 is 2.29 bits per heavy atom. The van der Waals surface area contributed by atoms with Crippen LogP contribution >= 0.6 is 0 Å². The van der Waals surface area contributed by atoms with E-state index in [0.717, 1.165) is 12.5 Å². The van der Waals surface area contributed by atoms with Gasteiger partial charge in [-0.3, -0.25) is 9.59 Å². The number of carbonyl (C=O) groups excluding carboxylic acids is 2. The Bertz CT molecular complexity index is 261. The van der Waals surface area contributed by atoms with E-state index in [4.69, 9.17) is 0 Å². The summed E-state index contributed by atoms with van der Waals surface area (Å²) >= 11 is 0. The first-order valence-corrected chi connectivity index (χ1v) is 5.20. The van der Waals surface area contributed by atoms with E-state index in [9.17, 15) is 9.59 Å². The summed E-state index contributed by atoms with van der Waals surface area (Å²) in [5.41, 5.74) is 0. The first kappa shape index (κ1) is 9.49. The molecule has 4 nitrogen and oxygen atoms in total. The van der Waals surface area contributed by atoms with E-state index in [1.54, 1.807) is 0 Å². The maximum atomic E-state index is 11.5. The topological polar surface area (TPSA) is 49.4 Å². The molecule has 1 aliphatic heterocycles. The SMILES string of the molecule is CC(=O)NC1CC(=O)N(CC2CC2)C1. The second-order valence-corrected chi connectivity index (χ2v) is 4.34. The quantitative estimate of drug-likeness (QED) is 0.697. The van der Waals surface area contributed by atoms with Gasteiger partial charge in [0.2, 0.25) is 11.8 Å². The van der Waals surface area contributed by atoms with Crippen molar-refractivity contribution in [1.82, 2.24) is 10.2 Å². The van der Waals surface area contributed by atoms with E-state index < -0.39 is 0 Å². The van der Waals surface area contributed by atoms with Crippen LogP contribution in [-0.2, 0) is 9.59 Å². The van der Waals surface area contributed by atoms with Gasteiger partial charge in [-0.25, -0.2) is 0 Å². The standard InChI is InChI=1S/C10H16N2O2/c1-7(13)11-9-4-10(14)12(6-9)5-8-2-3-8/h8-9H,2-6H2,1H3,(H,11,13). The number of hydrogen-bond acceptors (Lipinski definition) is 2. The first-order valence-electron chi connectivity index (χ1n) is 5.20. The van der Waals surface area contributed by atoms with Crippen LogP contribution in [0.2, 0.25) is 0 Å². The highest BCUT2D eigenvalue weighted by atomic mass is 16.2. The van der Waals surface area contributed by atoms with Crippen LogP contribution < -0.4 is 5.32 Å². The molecule has 0 spiro atoms. The maximum Gasteiger partial charge on any atom is 0.224 e. The van der Waals surface area contributed by atoms with E-state index in [0.29, 0.717) is 13.0 Å². The Balaban J connectivity index is 1.82. The summed E-state index contributed by atoms with van der Waals surface area (Å²) < 4.78 is 0. The Morgan fingerprint density at radius 3 is 2.86 bits per heavy atom. The molecule has 2 amide bonds. The van der Waals surface area contributed by atoms with Crippen LogP contribution in [0.25, 0.3) is 0 Å². The number of carbonyl (C=O) groups is 2. The molecule has 78 valence electrons. The van der Waals surface area contributed by atoms with Crippen molar-refractivity contribution in [3.05, 3.63) is 0 Å². The van der Waals surface area contributed by atoms with E-state index in [-0.39, 0.29) is 17.9 Å². The maximum absolute atomic E-state index is 11.5. The van der Waals surface area contributed by atoms with Crippen molar-refractivity contribution in [1.29, 1.82) is 0 Å². The zero-order valence-electron chi connectivity index (χ0n) is 8.45. The predicted octanol–water partition coefficient (Wildman–Crippen LogP) is 0.133. The smallest absolute Gasteiger partial charge is 0.224 e. The first-order chi connectivity index (χ1) is 6.65. The van der Waals surface area contributed by atoms with Gasteiger partial charge in [-0.2, -0.15) is 0 Å². The predicted molar refractivity (Wildman–Crippen MR) is 51.5 cm³/mol. The van der Waals surface area contributed by atoms with E-state index in [1.165, 1.54) is 19.8 Å². The van der Waals surface area contributed by atoms with Gasteiger partial charge in [0, 0.05) is 26.4 Å². The number of likely N-dealkylation sites (tertiary alicyclic amines) is 1. The van der Waals surface area contributed by atoms with Gasteiger partial charge < -0.3 is 10.2 Å². The Morgan fingerprint density at radius 1 is 1.57 bits per heavy atom. The molecule has 1 unspecified atom stereocenters. The molecule has 1 N–H and O–H groups in total. The van der Waals surface area contributed by atoms with Crippen LogP contribution in [0, 0.1) is 5.92 Å². The van der Waals surface area contributed by atoms with Crippen molar-refractivity contribution in [3.8, 4) is 0 Å². The number of rotatable bonds is 3. The van der Waals surface area contributed by atoms with Crippen LogP contribution in [0.3, 0.4) is 0 Å². The molecule has 1 saturated heterocycles. The molecular formula is C10H16N2O2. The lowest BCUT2D eigenvalue weighted by molar-refractivity contribution is -0.127. The van der Waals surface area contributed by atoms with Crippen LogP contribution in [0.15, 0.2) is 0 Å². The van der Waals surface area contributed by atoms with Gasteiger partial charge in [0.05, 0.1) is 6.04 Å². The fraction of sp³-hybridized carbons (Fsp3) is 0.800. The highest BCUT2D eigenvalue weighted by Gasteiger charge is 2.33. The fourth-order valence-electron chi connectivity index (χ4n) is 1.94. The van der Waals surface area contributed by atoms with Gasteiger partial charge in [0.25, 0.3) is 0 Å². The van der Waals surface area contributed by atoms with Crippen molar-refractivity contribution in [2.45, 2.75) is 32.2 Å². The molecule has 2 rings (SSSR count). The number of nitrogens with zero attached hydrogens (tertiary/aromatic N) is 1. The summed E-state index contributed by atoms with van der Waals surface area (Å²) in [4.78, 5) is 24.2. The average Bonchev–Trinajstić information content (AvgIpc) is 2.79. The zero-order valence-corrected chi connectivity index (χ0v) is 8.45. The lowest BCUT2D eigenvalue weighted by Gasteiger charge is -2.16. The number of nitrogens with one attached hydrogen (secondary N) is 1. The van der Waals surface area contributed by atoms with Gasteiger partial charge in [0.1, 0.15) is 0 Å². The zero-order chi connectivity index (χ0) is 10.1. The minimum absolute atomic E-state index is 0.0405. The van der Waals surface area contributed by atoms with Gasteiger partial charge in [-0.05, 0) is 18.8 Å². The molecule has 1 saturated carbocycles. The van der Waals surface area contributed by atoms with Gasteiger partial charge in [-0.15, -0.1) is 0 Å². The lowest BCUT2D eigenvalue weighted by Crippen LogP contribution is -2.36. The number of hydrogen-bond donors (Lipinski definition) is 1. The van der Waals surface area contributed by atoms with Gasteiger partial charge >= 0.3 is 0 Å². The third-order valence-corrected chi connectivity index (χ3v) is 2.80. The molecule has 2 aliphatic rings. The largest absolute Gasteiger partial charge is 0.351 e. The summed E-state index contributed by atoms with van der Waals surface area (Å²) in [7, 11) is 0. The van der Waals surface area contributed by atoms with Gasteiger partial charge in [0.15, 0.2) is 0 Å². The van der Waals surface area contributed by atoms with Crippen molar-refractivity contribution in [2.24, 2.45) is 5.92 Å². The minimum atomic E-state index is -0.0453. The van der Waals surface area contributed by atoms with E-state index in [1.807, 2.05) is 4.90 Å². The second-order valence-electron chi connectivity index (χ2n) is 4.34. The normalized spacial score (nSPS) is 26.8. The van der Waals surface area contributed by atoms with Crippen LogP contribution in [0.4, 0.5) is 0 Å². The molecule has 1 atom stereocenters. The fourth-order valence-corrected chi connectivity index (χ4v) is 1.94. The third-order valence-electron chi connectivity index (χ3n) is 2.80. The van der Waals surface area contributed by atoms with Crippen molar-refractivity contribution >= 4 is 11.8 Å². The Hall–Kier alpha value is -1.06. The molecule has 0 aromatic rings. The summed E-state index contributed by atoms with van der Waals surface area (Å²) in [6, 6.07) is 0.0405. The molecule has 0 radical (unpaired) electrons. The molecule has 0 aromatic heterocycles. The van der Waals surface area contributed by atoms with Crippen LogP contribution in [0.1, 0.15) is 26.2 Å². The molecule has 0 aromatic carbocycles. The summed E-state index contributed by atoms with van der Waals surface area (Å²) in [6.45, 7) is 3.10. The molecule has 2 fully saturated rings. The van der Waals surface area contributed by atoms with E-state index in [2.05, 4.69) is 5.32 Å². The summed E-state index contributed by atoms with van der Waals surface area (Å²) in [5.74, 6) is 0.877. The summed E-state index contributed by atoms with van der Waals surface area (Å²) in [5, 5.41) is 2.79. The second kappa shape index (κ2) is 3.59. The van der Waals surface area contributed by atoms with Crippen molar-refractivity contribution < 1.29 is 9.59 Å². The van der Waals surface area contributed by atoms with Crippen LogP contribution in [0.5, 0.6) is 0 Å². The number of amides is 2. The summed E-state index contributed by atoms with van der Waals surface area (Å²) in [6.07, 6.45) is 3.00. The Labute approximate surface area is 83.6 Å². The molecule has 1 aliphatic carbocycles. The minimum Gasteiger partial charge on any atom is -0.351 e. The Kier molecular flexibility index (Phi) is 2.44. The molecule has 1 heterocycles. The van der Waals surface area contributed by atoms with E-state index >= 15 is 0 Å². The highest BCUT2D eigenvalue weighted by Crippen LogP contribution is 2.30. The molecular weight excluding hydrogens is 180 g/mol. The average molecular weight is 196 g/mol. The van der Waals surface area contributed by atoms with Crippen molar-refractivity contribution in [3.63, 3.8) is 0 Å². The van der Waals surface area contributed by atoms with Gasteiger partial charge in [-0.1, -0.05) is 0 Å². The monoisotopic (exact) mass is 196 g/mol. The third kappa shape index (κ3) is 2.25. The molecule has 4 heteroatoms. The lowest BCUT2D eigenvalue weighted by atomic mass is 10.2. The van der Waals surface area contributed by atoms with Crippen LogP contribution in [-0.4, -0.2) is 35.8 Å².